The van der Waals surface area contributed by atoms with Crippen LogP contribution in [0, 0.1) is 5.92 Å². The molecule has 0 saturated carbocycles. The van der Waals surface area contributed by atoms with Gasteiger partial charge in [-0.15, -0.1) is 0 Å². The fourth-order valence-corrected chi connectivity index (χ4v) is 3.14. The van der Waals surface area contributed by atoms with E-state index in [1.54, 1.807) is 12.1 Å². The van der Waals surface area contributed by atoms with Crippen molar-refractivity contribution in [1.82, 2.24) is 14.4 Å². The Morgan fingerprint density at radius 1 is 1.19 bits per heavy atom. The summed E-state index contributed by atoms with van der Waals surface area (Å²) in [6, 6.07) is 15.2. The average Bonchev–Trinajstić information content (AvgIpc) is 3.11. The van der Waals surface area contributed by atoms with E-state index < -0.39 is 5.91 Å². The minimum absolute atomic E-state index is 0.448. The molecule has 0 spiro atoms. The predicted octanol–water partition coefficient (Wildman–Crippen LogP) is 3.72. The fourth-order valence-electron chi connectivity index (χ4n) is 3.14. The SMILES string of the molecule is CC(C)CNc1nc2ccccc2n2c(-c3cccc(C(N)=O)c3)cnc12. The maximum Gasteiger partial charge on any atom is 0.248 e. The van der Waals surface area contributed by atoms with Crippen LogP contribution in [0.2, 0.25) is 0 Å². The average molecular weight is 359 g/mol. The Hall–Kier alpha value is -3.41. The lowest BCUT2D eigenvalue weighted by atomic mass is 10.1. The molecule has 27 heavy (non-hydrogen) atoms. The van der Waals surface area contributed by atoms with Gasteiger partial charge in [0.1, 0.15) is 0 Å². The minimum atomic E-state index is -0.448. The molecule has 0 aliphatic rings. The largest absolute Gasteiger partial charge is 0.367 e. The van der Waals surface area contributed by atoms with Crippen LogP contribution >= 0.6 is 0 Å². The van der Waals surface area contributed by atoms with Gasteiger partial charge in [-0.2, -0.15) is 0 Å². The van der Waals surface area contributed by atoms with Crippen LogP contribution in [0.5, 0.6) is 0 Å². The van der Waals surface area contributed by atoms with E-state index in [4.69, 9.17) is 10.7 Å². The topological polar surface area (TPSA) is 85.3 Å². The summed E-state index contributed by atoms with van der Waals surface area (Å²) in [5.74, 6) is 0.788. The van der Waals surface area contributed by atoms with E-state index in [2.05, 4.69) is 28.5 Å². The number of hydrogen-bond donors (Lipinski definition) is 2. The lowest BCUT2D eigenvalue weighted by molar-refractivity contribution is 0.100. The lowest BCUT2D eigenvalue weighted by Gasteiger charge is -2.12. The summed E-state index contributed by atoms with van der Waals surface area (Å²) < 4.78 is 2.07. The number of nitrogens with one attached hydrogen (secondary N) is 1. The Morgan fingerprint density at radius 2 is 2.00 bits per heavy atom. The Kier molecular flexibility index (Phi) is 4.24. The van der Waals surface area contributed by atoms with Crippen molar-refractivity contribution in [2.24, 2.45) is 11.7 Å². The molecule has 0 bridgehead atoms. The minimum Gasteiger partial charge on any atom is -0.367 e. The van der Waals surface area contributed by atoms with Gasteiger partial charge in [0.05, 0.1) is 22.9 Å². The van der Waals surface area contributed by atoms with Crippen molar-refractivity contribution in [2.45, 2.75) is 13.8 Å². The first-order valence-corrected chi connectivity index (χ1v) is 8.95. The van der Waals surface area contributed by atoms with Crippen LogP contribution in [0.15, 0.2) is 54.7 Å². The second-order valence-electron chi connectivity index (χ2n) is 6.97. The number of anilines is 1. The second kappa shape index (κ2) is 6.72. The molecule has 0 aliphatic heterocycles. The molecule has 2 aromatic carbocycles. The molecule has 6 heteroatoms. The number of rotatable bonds is 5. The number of hydrogen-bond acceptors (Lipinski definition) is 4. The third kappa shape index (κ3) is 3.10. The molecule has 0 radical (unpaired) electrons. The Labute approximate surface area is 157 Å². The van der Waals surface area contributed by atoms with Crippen LogP contribution in [0.25, 0.3) is 27.9 Å². The molecule has 1 amide bonds. The number of imidazole rings is 1. The quantitative estimate of drug-likeness (QED) is 0.569. The Bertz CT molecular complexity index is 1150. The van der Waals surface area contributed by atoms with Gasteiger partial charge in [0.25, 0.3) is 0 Å². The molecule has 6 nitrogen and oxygen atoms in total. The Balaban J connectivity index is 1.97. The second-order valence-corrected chi connectivity index (χ2v) is 6.97. The van der Waals surface area contributed by atoms with Crippen molar-refractivity contribution in [3.8, 4) is 11.3 Å². The normalized spacial score (nSPS) is 11.4. The van der Waals surface area contributed by atoms with Gasteiger partial charge in [0.2, 0.25) is 5.91 Å². The maximum atomic E-state index is 11.6. The molecule has 0 saturated heterocycles. The van der Waals surface area contributed by atoms with E-state index in [0.717, 1.165) is 40.3 Å². The van der Waals surface area contributed by atoms with E-state index >= 15 is 0 Å². The molecule has 0 aliphatic carbocycles. The van der Waals surface area contributed by atoms with Crippen LogP contribution < -0.4 is 11.1 Å². The van der Waals surface area contributed by atoms with Crippen LogP contribution in [-0.2, 0) is 0 Å². The summed E-state index contributed by atoms with van der Waals surface area (Å²) in [6.45, 7) is 5.11. The van der Waals surface area contributed by atoms with Gasteiger partial charge >= 0.3 is 0 Å². The molecule has 0 unspecified atom stereocenters. The zero-order valence-electron chi connectivity index (χ0n) is 15.3. The molecule has 0 atom stereocenters. The maximum absolute atomic E-state index is 11.6. The standard InChI is InChI=1S/C21H21N5O/c1-13(2)11-23-20-21-24-12-18(14-6-5-7-15(10-14)19(22)27)26(21)17-9-4-3-8-16(17)25-20/h3-10,12-13H,11H2,1-2H3,(H2,22,27)(H,23,25). The molecule has 4 rings (SSSR count). The van der Waals surface area contributed by atoms with E-state index in [9.17, 15) is 4.79 Å². The predicted molar refractivity (Wildman–Crippen MR) is 108 cm³/mol. The molecular weight excluding hydrogens is 338 g/mol. The number of nitrogens with zero attached hydrogens (tertiary/aromatic N) is 3. The van der Waals surface area contributed by atoms with Crippen LogP contribution in [0.4, 0.5) is 5.82 Å². The van der Waals surface area contributed by atoms with Crippen molar-refractivity contribution in [2.75, 3.05) is 11.9 Å². The van der Waals surface area contributed by atoms with Crippen molar-refractivity contribution < 1.29 is 4.79 Å². The first-order valence-electron chi connectivity index (χ1n) is 8.95. The van der Waals surface area contributed by atoms with E-state index in [-0.39, 0.29) is 0 Å². The smallest absolute Gasteiger partial charge is 0.248 e. The number of carbonyl (C=O) groups is 1. The van der Waals surface area contributed by atoms with Gasteiger partial charge in [0.15, 0.2) is 11.5 Å². The highest BCUT2D eigenvalue weighted by Gasteiger charge is 2.15. The third-order valence-corrected chi connectivity index (χ3v) is 4.45. The van der Waals surface area contributed by atoms with Crippen molar-refractivity contribution in [1.29, 1.82) is 0 Å². The molecule has 3 N–H and O–H groups in total. The Morgan fingerprint density at radius 3 is 2.78 bits per heavy atom. The highest BCUT2D eigenvalue weighted by atomic mass is 16.1. The summed E-state index contributed by atoms with van der Waals surface area (Å²) in [7, 11) is 0. The molecule has 4 aromatic rings. The summed E-state index contributed by atoms with van der Waals surface area (Å²) >= 11 is 0. The van der Waals surface area contributed by atoms with Gasteiger partial charge in [0, 0.05) is 17.7 Å². The highest BCUT2D eigenvalue weighted by Crippen LogP contribution is 2.28. The van der Waals surface area contributed by atoms with Gasteiger partial charge in [-0.1, -0.05) is 38.1 Å². The molecule has 2 aromatic heterocycles. The molecular formula is C21H21N5O. The number of primary amides is 1. The van der Waals surface area contributed by atoms with Crippen molar-refractivity contribution in [3.63, 3.8) is 0 Å². The summed E-state index contributed by atoms with van der Waals surface area (Å²) in [6.07, 6.45) is 1.81. The first kappa shape index (κ1) is 17.0. The van der Waals surface area contributed by atoms with E-state index in [1.807, 2.05) is 42.6 Å². The fraction of sp³-hybridized carbons (Fsp3) is 0.190. The van der Waals surface area contributed by atoms with Crippen molar-refractivity contribution >= 4 is 28.4 Å². The number of nitrogens with two attached hydrogens (primary N) is 1. The number of fused-ring (bicyclic) bond motifs is 3. The molecule has 2 heterocycles. The number of carbonyl (C=O) groups excluding carboxylic acids is 1. The van der Waals surface area contributed by atoms with E-state index in [1.165, 1.54) is 0 Å². The van der Waals surface area contributed by atoms with Crippen LogP contribution in [0.3, 0.4) is 0 Å². The number of para-hydroxylation sites is 2. The monoisotopic (exact) mass is 359 g/mol. The molecule has 0 fully saturated rings. The number of benzene rings is 2. The summed E-state index contributed by atoms with van der Waals surface area (Å²) in [5, 5.41) is 3.41. The van der Waals surface area contributed by atoms with E-state index in [0.29, 0.717) is 11.5 Å². The lowest BCUT2D eigenvalue weighted by Crippen LogP contribution is -2.11. The number of amides is 1. The van der Waals surface area contributed by atoms with Gasteiger partial charge in [-0.25, -0.2) is 9.97 Å². The zero-order valence-corrected chi connectivity index (χ0v) is 15.3. The van der Waals surface area contributed by atoms with Gasteiger partial charge in [-0.05, 0) is 30.2 Å². The van der Waals surface area contributed by atoms with Crippen molar-refractivity contribution in [3.05, 3.63) is 60.3 Å². The van der Waals surface area contributed by atoms with Crippen LogP contribution in [-0.4, -0.2) is 26.8 Å². The van der Waals surface area contributed by atoms with Gasteiger partial charge in [-0.3, -0.25) is 9.20 Å². The first-order chi connectivity index (χ1) is 13.0. The summed E-state index contributed by atoms with van der Waals surface area (Å²) in [4.78, 5) is 21.0. The summed E-state index contributed by atoms with van der Waals surface area (Å²) in [5.41, 5.74) is 10.3. The zero-order chi connectivity index (χ0) is 19.0. The highest BCUT2D eigenvalue weighted by molar-refractivity contribution is 5.94. The van der Waals surface area contributed by atoms with Crippen LogP contribution in [0.1, 0.15) is 24.2 Å². The number of aromatic nitrogens is 3. The third-order valence-electron chi connectivity index (χ3n) is 4.45. The van der Waals surface area contributed by atoms with Gasteiger partial charge < -0.3 is 11.1 Å². The molecule has 136 valence electrons.